The minimum absolute atomic E-state index is 0. The molecule has 4 heteroatoms. The molecule has 0 aromatic carbocycles. The van der Waals surface area contributed by atoms with Crippen molar-refractivity contribution < 1.29 is 19.2 Å². The van der Waals surface area contributed by atoms with Crippen molar-refractivity contribution in [3.8, 4) is 0 Å². The van der Waals surface area contributed by atoms with Gasteiger partial charge in [-0.05, 0) is 12.8 Å². The number of allylic oxidation sites excluding steroid dienone is 8. The van der Waals surface area contributed by atoms with Crippen LogP contribution in [0.5, 0.6) is 0 Å². The predicted octanol–water partition coefficient (Wildman–Crippen LogP) is 9.68. The van der Waals surface area contributed by atoms with Crippen LogP contribution in [0.25, 0.3) is 0 Å². The van der Waals surface area contributed by atoms with E-state index in [1.54, 1.807) is 11.1 Å². The molecule has 0 saturated heterocycles. The molecule has 0 fully saturated rings. The van der Waals surface area contributed by atoms with Crippen molar-refractivity contribution in [2.24, 2.45) is 0 Å². The Bertz CT molecular complexity index is 476. The number of hydrogen-bond donors (Lipinski definition) is 0. The fourth-order valence-electron chi connectivity index (χ4n) is 3.34. The summed E-state index contributed by atoms with van der Waals surface area (Å²) in [5, 5.41) is 0. The van der Waals surface area contributed by atoms with E-state index in [4.69, 9.17) is 0 Å². The van der Waals surface area contributed by atoms with Gasteiger partial charge in [0, 0.05) is 0 Å². The van der Waals surface area contributed by atoms with Gasteiger partial charge in [-0.3, -0.25) is 12.2 Å². The maximum absolute atomic E-state index is 3.47. The van der Waals surface area contributed by atoms with Gasteiger partial charge >= 0.3 is 26.8 Å². The zero-order chi connectivity index (χ0) is 21.0. The van der Waals surface area contributed by atoms with Crippen LogP contribution in [0.2, 0.25) is 0 Å². The minimum atomic E-state index is 0. The van der Waals surface area contributed by atoms with Gasteiger partial charge in [0.15, 0.2) is 0 Å². The van der Waals surface area contributed by atoms with Crippen LogP contribution < -0.4 is 0 Å². The van der Waals surface area contributed by atoms with E-state index in [0.717, 1.165) is 12.8 Å². The van der Waals surface area contributed by atoms with Crippen LogP contribution in [-0.4, -0.2) is 7.63 Å². The summed E-state index contributed by atoms with van der Waals surface area (Å²) in [5.74, 6) is 0. The molecular weight excluding hydrogens is 483 g/mol. The first-order valence-corrected chi connectivity index (χ1v) is 15.7. The summed E-state index contributed by atoms with van der Waals surface area (Å²) < 4.78 is 0. The molecule has 2 aliphatic carbocycles. The van der Waals surface area contributed by atoms with Gasteiger partial charge < -0.3 is 14.9 Å². The Labute approximate surface area is 229 Å². The van der Waals surface area contributed by atoms with Gasteiger partial charge in [0.2, 0.25) is 0 Å². The molecule has 0 spiro atoms. The summed E-state index contributed by atoms with van der Waals surface area (Å²) in [6, 6.07) is 0. The molecule has 0 aromatic heterocycles. The predicted molar refractivity (Wildman–Crippen MR) is 153 cm³/mol. The second-order valence-electron chi connectivity index (χ2n) is 7.78. The van der Waals surface area contributed by atoms with Gasteiger partial charge in [0.05, 0.1) is 0 Å². The normalized spacial score (nSPS) is 13.0. The number of hydrogen-bond acceptors (Lipinski definition) is 0. The van der Waals surface area contributed by atoms with Crippen LogP contribution in [0.1, 0.15) is 118 Å². The molecule has 0 bridgehead atoms. The SMILES string of the molecule is CCCCC1=[C-]CC(CCCC)=C1.CCCCC1=[C-]CC(CCCC)=C1.Cl.Cl.[CH3-].[CH3-].[SiH2]=[Ti]. The van der Waals surface area contributed by atoms with Crippen LogP contribution in [0.3, 0.4) is 0 Å². The molecular formula is C28H52Cl2SiTi-4. The topological polar surface area (TPSA) is 0 Å². The number of halogens is 2. The Morgan fingerprint density at radius 3 is 1.19 bits per heavy atom. The summed E-state index contributed by atoms with van der Waals surface area (Å²) in [6.45, 7) is 9.00. The van der Waals surface area contributed by atoms with Crippen LogP contribution in [0.4, 0.5) is 0 Å². The molecule has 0 N–H and O–H groups in total. The van der Waals surface area contributed by atoms with Crippen LogP contribution >= 0.6 is 24.8 Å². The quantitative estimate of drug-likeness (QED) is 0.172. The van der Waals surface area contributed by atoms with Gasteiger partial charge in [0.1, 0.15) is 0 Å². The summed E-state index contributed by atoms with van der Waals surface area (Å²) >= 11 is 2.03. The van der Waals surface area contributed by atoms with E-state index in [0.29, 0.717) is 0 Å². The van der Waals surface area contributed by atoms with Crippen LogP contribution in [0, 0.1) is 27.0 Å². The monoisotopic (exact) mass is 534 g/mol. The van der Waals surface area contributed by atoms with Crippen molar-refractivity contribution in [2.75, 3.05) is 0 Å². The first-order chi connectivity index (χ1) is 13.7. The summed E-state index contributed by atoms with van der Waals surface area (Å²) in [7, 11) is 1.86. The third kappa shape index (κ3) is 22.3. The summed E-state index contributed by atoms with van der Waals surface area (Å²) in [4.78, 5) is 0. The Morgan fingerprint density at radius 1 is 0.625 bits per heavy atom. The molecule has 2 rings (SSSR count). The zero-order valence-corrected chi connectivity index (χ0v) is 26.7. The number of unbranched alkanes of at least 4 members (excludes halogenated alkanes) is 4. The molecule has 0 saturated carbocycles. The third-order valence-corrected chi connectivity index (χ3v) is 5.14. The molecule has 0 aliphatic heterocycles. The van der Waals surface area contributed by atoms with Crippen LogP contribution in [0.15, 0.2) is 34.4 Å². The van der Waals surface area contributed by atoms with Gasteiger partial charge in [-0.2, -0.15) is 11.1 Å². The fraction of sp³-hybridized carbons (Fsp3) is 0.643. The Morgan fingerprint density at radius 2 is 0.906 bits per heavy atom. The first-order valence-electron chi connectivity index (χ1n) is 11.7. The fourth-order valence-corrected chi connectivity index (χ4v) is 3.34. The Hall–Kier alpha value is 0.471. The molecule has 0 nitrogen and oxygen atoms in total. The first kappa shape index (κ1) is 42.6. The molecule has 2 aliphatic rings. The molecule has 0 atom stereocenters. The summed E-state index contributed by atoms with van der Waals surface area (Å²) in [5.41, 5.74) is 6.14. The average molecular weight is 536 g/mol. The van der Waals surface area contributed by atoms with Crippen molar-refractivity contribution in [1.29, 1.82) is 0 Å². The molecule has 32 heavy (non-hydrogen) atoms. The van der Waals surface area contributed by atoms with Crippen molar-refractivity contribution in [3.05, 3.63) is 61.4 Å². The maximum atomic E-state index is 3.47. The van der Waals surface area contributed by atoms with Crippen molar-refractivity contribution in [3.63, 3.8) is 0 Å². The molecule has 0 amide bonds. The standard InChI is InChI=1S/2C13H21.2CH3.2ClH.H2Si.Ti/c2*1-3-5-7-12-9-10-13(11-12)8-6-4-2;;;;;;/h2*11H,3-9H2,1-2H3;2*1H3;2*1H;1H2;/q4*-1;;;;. The average Bonchev–Trinajstić information content (AvgIpc) is 3.39. The molecule has 0 aromatic rings. The Kier molecular flexibility index (Phi) is 41.9. The van der Waals surface area contributed by atoms with Crippen molar-refractivity contribution >= 4 is 32.4 Å². The Balaban J connectivity index is -0.000000126. The molecule has 0 unspecified atom stereocenters. The van der Waals surface area contributed by atoms with Gasteiger partial charge in [0.25, 0.3) is 0 Å². The van der Waals surface area contributed by atoms with Gasteiger partial charge in [-0.25, -0.2) is 23.3 Å². The number of rotatable bonds is 12. The van der Waals surface area contributed by atoms with E-state index < -0.39 is 0 Å². The molecule has 0 radical (unpaired) electrons. The van der Waals surface area contributed by atoms with Crippen molar-refractivity contribution in [2.45, 2.75) is 118 Å². The van der Waals surface area contributed by atoms with E-state index >= 15 is 0 Å². The van der Waals surface area contributed by atoms with Crippen LogP contribution in [-0.2, 0) is 19.2 Å². The van der Waals surface area contributed by atoms with Crippen molar-refractivity contribution in [1.82, 2.24) is 0 Å². The van der Waals surface area contributed by atoms with E-state index in [2.05, 4.69) is 52.0 Å². The van der Waals surface area contributed by atoms with E-state index in [9.17, 15) is 0 Å². The molecule has 190 valence electrons. The van der Waals surface area contributed by atoms with E-state index in [-0.39, 0.29) is 39.7 Å². The van der Waals surface area contributed by atoms with E-state index in [1.165, 1.54) is 88.2 Å². The zero-order valence-electron chi connectivity index (χ0n) is 22.1. The second kappa shape index (κ2) is 31.5. The van der Waals surface area contributed by atoms with E-state index in [1.807, 2.05) is 26.8 Å². The van der Waals surface area contributed by atoms with Gasteiger partial charge in [-0.15, -0.1) is 37.7 Å². The summed E-state index contributed by atoms with van der Waals surface area (Å²) in [6.07, 6.45) is 29.5. The second-order valence-corrected chi connectivity index (χ2v) is 7.78. The van der Waals surface area contributed by atoms with Gasteiger partial charge in [-0.1, -0.05) is 91.9 Å². The third-order valence-electron chi connectivity index (χ3n) is 5.14. The molecule has 0 heterocycles.